The van der Waals surface area contributed by atoms with E-state index >= 15 is 0 Å². The van der Waals surface area contributed by atoms with Crippen molar-refractivity contribution in [3.05, 3.63) is 29.8 Å². The molecule has 1 aliphatic heterocycles. The van der Waals surface area contributed by atoms with E-state index in [1.165, 1.54) is 52.1 Å². The third-order valence-electron chi connectivity index (χ3n) is 9.85. The fourth-order valence-corrected chi connectivity index (χ4v) is 6.34. The molecule has 0 aliphatic carbocycles. The second kappa shape index (κ2) is 26.9. The first-order valence-corrected chi connectivity index (χ1v) is 20.8. The van der Waals surface area contributed by atoms with Gasteiger partial charge in [-0.2, -0.15) is 0 Å². The zero-order valence-electron chi connectivity index (χ0n) is 37.4. The van der Waals surface area contributed by atoms with E-state index < -0.39 is 176 Å². The summed E-state index contributed by atoms with van der Waals surface area (Å²) in [6.07, 6.45) is -5.81. The molecule has 8 atom stereocenters. The maximum Gasteiger partial charge on any atom is 0.329 e. The summed E-state index contributed by atoms with van der Waals surface area (Å²) in [5, 5.41) is 49.0. The van der Waals surface area contributed by atoms with Crippen molar-refractivity contribution >= 4 is 77.0 Å². The van der Waals surface area contributed by atoms with Gasteiger partial charge in [0.25, 0.3) is 0 Å². The van der Waals surface area contributed by atoms with E-state index in [4.69, 9.17) is 16.2 Å². The minimum absolute atomic E-state index is 0.130. The highest BCUT2D eigenvalue weighted by atomic mass is 16.5. The summed E-state index contributed by atoms with van der Waals surface area (Å²) in [6.45, 7) is 2.36. The first kappa shape index (κ1) is 56.2. The number of carboxylic acid groups (broad SMARTS) is 2. The minimum Gasteiger partial charge on any atom is -0.508 e. The third-order valence-corrected chi connectivity index (χ3v) is 9.85. The number of carboxylic acids is 2. The van der Waals surface area contributed by atoms with Crippen molar-refractivity contribution in [3.63, 3.8) is 0 Å². The molecule has 2 rings (SSSR count). The smallest absolute Gasteiger partial charge is 0.329 e. The van der Waals surface area contributed by atoms with Crippen LogP contribution in [0.1, 0.15) is 58.4 Å². The highest BCUT2D eigenvalue weighted by Crippen LogP contribution is 2.14. The normalized spacial score (nSPS) is 24.7. The molecule has 28 heteroatoms. The molecule has 1 saturated heterocycles. The van der Waals surface area contributed by atoms with Crippen LogP contribution in [0.15, 0.2) is 24.3 Å². The van der Waals surface area contributed by atoms with E-state index in [1.54, 1.807) is 0 Å². The molecule has 10 amide bonds. The van der Waals surface area contributed by atoms with Gasteiger partial charge in [0.1, 0.15) is 54.1 Å². The predicted molar refractivity (Wildman–Crippen MR) is 229 cm³/mol. The van der Waals surface area contributed by atoms with Gasteiger partial charge in [0.05, 0.1) is 32.4 Å². The fraction of sp³-hybridized carbons (Fsp3) is 0.525. The number of benzene rings is 1. The molecule has 374 valence electrons. The van der Waals surface area contributed by atoms with Crippen LogP contribution < -0.4 is 59.3 Å². The quantitative estimate of drug-likeness (QED) is 0.0817. The molecule has 0 bridgehead atoms. The molecule has 1 aromatic rings. The standard InChI is InChI=1S/C40H57N11O17/c1-17(2)32-40(67)68-18(3)33(43-4)39(66)48-21(9-10-26(41)53)36(63)49-24(13-30(57)58)34(61)45-16-29(56)47-23(12-27(42)54)37(64)50-25(14-31(59)60)35(62)44-15-28(55)46-22(38(65)51-32)11-19-5-7-20(52)8-6-19/h5-8,17-18,21-25,32-33,43,52H,9-16H2,1-4H3,(H2,41,53)(H2,42,54)(H,44,62)(H,45,61)(H,46,55)(H,47,56)(H,48,66)(H,49,63)(H,50,64)(H,51,65)(H,57,58)(H,59,60). The fourth-order valence-electron chi connectivity index (χ4n) is 6.34. The third kappa shape index (κ3) is 19.3. The van der Waals surface area contributed by atoms with Crippen molar-refractivity contribution in [2.45, 2.75) is 108 Å². The second-order valence-corrected chi connectivity index (χ2v) is 15.7. The molecule has 16 N–H and O–H groups in total. The molecular formula is C40H57N11O17. The van der Waals surface area contributed by atoms with Crippen LogP contribution in [-0.4, -0.2) is 161 Å². The summed E-state index contributed by atoms with van der Waals surface area (Å²) >= 11 is 0. The number of likely N-dealkylation sites (N-methyl/N-ethyl adjacent to an activating group) is 1. The van der Waals surface area contributed by atoms with E-state index in [9.17, 15) is 77.6 Å². The Morgan fingerprint density at radius 1 is 0.647 bits per heavy atom. The number of nitrogens with two attached hydrogens (primary N) is 2. The van der Waals surface area contributed by atoms with Gasteiger partial charge in [-0.1, -0.05) is 26.0 Å². The van der Waals surface area contributed by atoms with Crippen molar-refractivity contribution < 1.29 is 82.4 Å². The molecule has 1 heterocycles. The number of primary amides is 2. The molecule has 1 aliphatic rings. The molecule has 8 unspecified atom stereocenters. The summed E-state index contributed by atoms with van der Waals surface area (Å²) < 4.78 is 5.58. The van der Waals surface area contributed by atoms with Crippen molar-refractivity contribution in [1.82, 2.24) is 47.9 Å². The molecular weight excluding hydrogens is 906 g/mol. The van der Waals surface area contributed by atoms with E-state index in [0.717, 1.165) is 0 Å². The van der Waals surface area contributed by atoms with Gasteiger partial charge in [-0.15, -0.1) is 0 Å². The van der Waals surface area contributed by atoms with Gasteiger partial charge in [0, 0.05) is 12.8 Å². The number of carbonyl (C=O) groups excluding carboxylic acids is 11. The van der Waals surface area contributed by atoms with Crippen molar-refractivity contribution in [2.75, 3.05) is 20.1 Å². The Hall–Kier alpha value is -7.91. The maximum atomic E-state index is 13.9. The van der Waals surface area contributed by atoms with Gasteiger partial charge < -0.3 is 79.4 Å². The molecule has 0 radical (unpaired) electrons. The summed E-state index contributed by atoms with van der Waals surface area (Å²) in [5.74, 6) is -16.7. The number of esters is 1. The SMILES string of the molecule is CNC1C(=O)NC(CCC(N)=O)C(=O)NC(CC(=O)O)C(=O)NCC(=O)NC(CC(N)=O)C(=O)NC(CC(=O)O)C(=O)NCC(=O)NC(Cc2ccc(O)cc2)C(=O)NC(C(C)C)C(=O)OC1C. The average molecular weight is 964 g/mol. The van der Waals surface area contributed by atoms with Gasteiger partial charge in [0.2, 0.25) is 59.1 Å². The minimum atomic E-state index is -1.97. The van der Waals surface area contributed by atoms with Crippen LogP contribution in [-0.2, 0) is 73.5 Å². The Kier molecular flexibility index (Phi) is 22.2. The van der Waals surface area contributed by atoms with Gasteiger partial charge >= 0.3 is 17.9 Å². The number of aliphatic carboxylic acids is 2. The van der Waals surface area contributed by atoms with E-state index in [0.29, 0.717) is 5.56 Å². The Bertz CT molecular complexity index is 2080. The monoisotopic (exact) mass is 963 g/mol. The number of rotatable bonds is 13. The summed E-state index contributed by atoms with van der Waals surface area (Å²) in [7, 11) is 1.29. The van der Waals surface area contributed by atoms with Crippen LogP contribution in [0, 0.1) is 5.92 Å². The summed E-state index contributed by atoms with van der Waals surface area (Å²) in [5.41, 5.74) is 10.9. The van der Waals surface area contributed by atoms with E-state index in [1.807, 2.05) is 10.6 Å². The number of hydrogen-bond acceptors (Lipinski definition) is 16. The lowest BCUT2D eigenvalue weighted by Gasteiger charge is -2.29. The molecule has 0 saturated carbocycles. The first-order valence-electron chi connectivity index (χ1n) is 20.8. The summed E-state index contributed by atoms with van der Waals surface area (Å²) in [6, 6.07) is -6.53. The lowest BCUT2D eigenvalue weighted by atomic mass is 10.0. The van der Waals surface area contributed by atoms with Gasteiger partial charge in [-0.25, -0.2) is 4.79 Å². The number of nitrogens with one attached hydrogen (secondary N) is 9. The summed E-state index contributed by atoms with van der Waals surface area (Å²) in [4.78, 5) is 168. The number of hydrogen-bond donors (Lipinski definition) is 14. The lowest BCUT2D eigenvalue weighted by molar-refractivity contribution is -0.156. The van der Waals surface area contributed by atoms with Crippen LogP contribution >= 0.6 is 0 Å². The molecule has 0 aromatic heterocycles. The van der Waals surface area contributed by atoms with Crippen LogP contribution in [0.2, 0.25) is 0 Å². The Morgan fingerprint density at radius 2 is 1.10 bits per heavy atom. The zero-order chi connectivity index (χ0) is 51.4. The van der Waals surface area contributed by atoms with Crippen LogP contribution in [0.5, 0.6) is 5.75 Å². The van der Waals surface area contributed by atoms with Gasteiger partial charge in [-0.05, 0) is 44.0 Å². The zero-order valence-corrected chi connectivity index (χ0v) is 37.4. The van der Waals surface area contributed by atoms with E-state index in [-0.39, 0.29) is 12.2 Å². The number of amides is 10. The van der Waals surface area contributed by atoms with Crippen molar-refractivity contribution in [2.24, 2.45) is 17.4 Å². The number of carbonyl (C=O) groups is 13. The maximum absolute atomic E-state index is 13.9. The number of phenolic OH excluding ortho intramolecular Hbond substituents is 1. The Labute approximate surface area is 387 Å². The topological polar surface area (TPSA) is 452 Å². The first-order chi connectivity index (χ1) is 31.8. The molecule has 0 spiro atoms. The predicted octanol–water partition coefficient (Wildman–Crippen LogP) is -6.64. The second-order valence-electron chi connectivity index (χ2n) is 15.7. The van der Waals surface area contributed by atoms with Gasteiger partial charge in [0.15, 0.2) is 0 Å². The molecule has 1 aromatic carbocycles. The van der Waals surface area contributed by atoms with E-state index in [2.05, 4.69) is 37.2 Å². The van der Waals surface area contributed by atoms with Crippen LogP contribution in [0.4, 0.5) is 0 Å². The molecule has 1 fully saturated rings. The number of ether oxygens (including phenoxy) is 1. The average Bonchev–Trinajstić information content (AvgIpc) is 3.24. The highest BCUT2D eigenvalue weighted by molar-refractivity contribution is 5.99. The Morgan fingerprint density at radius 3 is 1.56 bits per heavy atom. The molecule has 68 heavy (non-hydrogen) atoms. The number of aromatic hydroxyl groups is 1. The number of phenols is 1. The van der Waals surface area contributed by atoms with Crippen molar-refractivity contribution in [3.8, 4) is 5.75 Å². The highest BCUT2D eigenvalue weighted by Gasteiger charge is 2.37. The Balaban J connectivity index is 2.66. The van der Waals surface area contributed by atoms with Gasteiger partial charge in [-0.3, -0.25) is 57.5 Å². The van der Waals surface area contributed by atoms with Crippen molar-refractivity contribution in [1.29, 1.82) is 0 Å². The van der Waals surface area contributed by atoms with Crippen LogP contribution in [0.3, 0.4) is 0 Å². The lowest BCUT2D eigenvalue weighted by Crippen LogP contribution is -2.60. The van der Waals surface area contributed by atoms with Crippen LogP contribution in [0.25, 0.3) is 0 Å². The number of cyclic esters (lactones) is 1. The molecule has 28 nitrogen and oxygen atoms in total. The largest absolute Gasteiger partial charge is 0.508 e.